The average molecular weight is 283 g/mol. The molecule has 5 heteroatoms. The number of hydrogen-bond acceptors (Lipinski definition) is 5. The minimum atomic E-state index is -0.0181. The quantitative estimate of drug-likeness (QED) is 0.913. The van der Waals surface area contributed by atoms with Gasteiger partial charge in [0.1, 0.15) is 23.4 Å². The maximum absolute atomic E-state index is 8.77. The molecule has 0 spiro atoms. The van der Waals surface area contributed by atoms with Crippen LogP contribution in [0.2, 0.25) is 0 Å². The van der Waals surface area contributed by atoms with Gasteiger partial charge < -0.3 is 14.8 Å². The van der Waals surface area contributed by atoms with Crippen molar-refractivity contribution in [3.8, 4) is 17.6 Å². The van der Waals surface area contributed by atoms with Gasteiger partial charge in [-0.3, -0.25) is 0 Å². The van der Waals surface area contributed by atoms with E-state index in [1.165, 1.54) is 6.20 Å². The average Bonchev–Trinajstić information content (AvgIpc) is 2.54. The van der Waals surface area contributed by atoms with Crippen molar-refractivity contribution in [2.45, 2.75) is 13.0 Å². The van der Waals surface area contributed by atoms with Crippen molar-refractivity contribution in [3.63, 3.8) is 0 Å². The van der Waals surface area contributed by atoms with Crippen LogP contribution in [0.25, 0.3) is 0 Å². The molecular weight excluding hydrogens is 266 g/mol. The molecule has 1 aromatic carbocycles. The van der Waals surface area contributed by atoms with Crippen LogP contribution >= 0.6 is 0 Å². The summed E-state index contributed by atoms with van der Waals surface area (Å²) in [6.45, 7) is 2.01. The van der Waals surface area contributed by atoms with E-state index >= 15 is 0 Å². The van der Waals surface area contributed by atoms with Crippen molar-refractivity contribution in [2.75, 3.05) is 19.5 Å². The van der Waals surface area contributed by atoms with Crippen molar-refractivity contribution in [2.24, 2.45) is 0 Å². The van der Waals surface area contributed by atoms with Crippen LogP contribution in [-0.4, -0.2) is 19.2 Å². The molecule has 1 aromatic heterocycles. The number of rotatable bonds is 5. The van der Waals surface area contributed by atoms with Gasteiger partial charge in [0.05, 0.1) is 25.8 Å². The van der Waals surface area contributed by atoms with Gasteiger partial charge >= 0.3 is 0 Å². The Labute approximate surface area is 124 Å². The number of pyridine rings is 1. The van der Waals surface area contributed by atoms with E-state index in [-0.39, 0.29) is 6.04 Å². The summed E-state index contributed by atoms with van der Waals surface area (Å²) in [5.74, 6) is 2.25. The third-order valence-electron chi connectivity index (χ3n) is 3.16. The molecule has 1 N–H and O–H groups in total. The maximum Gasteiger partial charge on any atom is 0.126 e. The van der Waals surface area contributed by atoms with E-state index < -0.39 is 0 Å². The topological polar surface area (TPSA) is 67.2 Å². The Kier molecular flexibility index (Phi) is 4.62. The molecule has 2 aromatic rings. The van der Waals surface area contributed by atoms with E-state index in [4.69, 9.17) is 14.7 Å². The molecule has 5 nitrogen and oxygen atoms in total. The standard InChI is InChI=1S/C16H17N3O2/c1-11(19-16-7-4-12(9-17)10-18-16)14-8-13(20-2)5-6-15(14)21-3/h4-8,10-11H,1-3H3,(H,18,19)/t11-/m1/s1. The zero-order chi connectivity index (χ0) is 15.2. The molecule has 2 rings (SSSR count). The van der Waals surface area contributed by atoms with Gasteiger partial charge in [0.15, 0.2) is 0 Å². The maximum atomic E-state index is 8.77. The molecule has 0 aliphatic heterocycles. The predicted molar refractivity (Wildman–Crippen MR) is 80.5 cm³/mol. The number of nitrogens with one attached hydrogen (secondary N) is 1. The molecule has 21 heavy (non-hydrogen) atoms. The summed E-state index contributed by atoms with van der Waals surface area (Å²) in [5, 5.41) is 12.1. The lowest BCUT2D eigenvalue weighted by molar-refractivity contribution is 0.397. The minimum Gasteiger partial charge on any atom is -0.497 e. The highest BCUT2D eigenvalue weighted by Crippen LogP contribution is 2.30. The van der Waals surface area contributed by atoms with Crippen LogP contribution < -0.4 is 14.8 Å². The number of nitriles is 1. The van der Waals surface area contributed by atoms with Gasteiger partial charge in [0.25, 0.3) is 0 Å². The molecule has 0 aliphatic carbocycles. The van der Waals surface area contributed by atoms with Crippen LogP contribution in [0.15, 0.2) is 36.5 Å². The van der Waals surface area contributed by atoms with Gasteiger partial charge in [-0.15, -0.1) is 0 Å². The Morgan fingerprint density at radius 1 is 1.19 bits per heavy atom. The number of aromatic nitrogens is 1. The Morgan fingerprint density at radius 3 is 2.57 bits per heavy atom. The second kappa shape index (κ2) is 6.62. The Morgan fingerprint density at radius 2 is 2.00 bits per heavy atom. The fraction of sp³-hybridized carbons (Fsp3) is 0.250. The second-order valence-corrected chi connectivity index (χ2v) is 4.52. The van der Waals surface area contributed by atoms with Crippen molar-refractivity contribution in [1.82, 2.24) is 4.98 Å². The molecule has 0 amide bonds. The van der Waals surface area contributed by atoms with Crippen LogP contribution in [0.1, 0.15) is 24.1 Å². The molecule has 1 heterocycles. The number of nitrogens with zero attached hydrogens (tertiary/aromatic N) is 2. The molecule has 108 valence electrons. The molecule has 0 fully saturated rings. The van der Waals surface area contributed by atoms with Gasteiger partial charge in [-0.1, -0.05) is 0 Å². The summed E-state index contributed by atoms with van der Waals surface area (Å²) in [7, 11) is 3.27. The Balaban J connectivity index is 2.22. The number of hydrogen-bond donors (Lipinski definition) is 1. The molecule has 0 aliphatic rings. The molecule has 0 saturated carbocycles. The lowest BCUT2D eigenvalue weighted by atomic mass is 10.1. The minimum absolute atomic E-state index is 0.0181. The molecule has 0 unspecified atom stereocenters. The highest BCUT2D eigenvalue weighted by molar-refractivity contribution is 5.47. The highest BCUT2D eigenvalue weighted by atomic mass is 16.5. The van der Waals surface area contributed by atoms with E-state index in [0.717, 1.165) is 17.1 Å². The zero-order valence-corrected chi connectivity index (χ0v) is 12.3. The third-order valence-corrected chi connectivity index (χ3v) is 3.16. The zero-order valence-electron chi connectivity index (χ0n) is 12.3. The number of anilines is 1. The van der Waals surface area contributed by atoms with Gasteiger partial charge in [-0.2, -0.15) is 5.26 Å². The lowest BCUT2D eigenvalue weighted by Gasteiger charge is -2.18. The van der Waals surface area contributed by atoms with E-state index in [9.17, 15) is 0 Å². The Hall–Kier alpha value is -2.74. The normalized spacial score (nSPS) is 11.3. The molecular formula is C16H17N3O2. The summed E-state index contributed by atoms with van der Waals surface area (Å²) >= 11 is 0. The van der Waals surface area contributed by atoms with E-state index in [0.29, 0.717) is 11.4 Å². The van der Waals surface area contributed by atoms with Crippen molar-refractivity contribution in [3.05, 3.63) is 47.7 Å². The predicted octanol–water partition coefficient (Wildman–Crippen LogP) is 3.14. The van der Waals surface area contributed by atoms with E-state index in [1.807, 2.05) is 31.2 Å². The first-order valence-electron chi connectivity index (χ1n) is 6.52. The highest BCUT2D eigenvalue weighted by Gasteiger charge is 2.13. The molecule has 0 radical (unpaired) electrons. The monoisotopic (exact) mass is 283 g/mol. The fourth-order valence-electron chi connectivity index (χ4n) is 2.02. The summed E-state index contributed by atoms with van der Waals surface area (Å²) in [6, 6.07) is 11.2. The van der Waals surface area contributed by atoms with Crippen molar-refractivity contribution < 1.29 is 9.47 Å². The van der Waals surface area contributed by atoms with Gasteiger partial charge in [0, 0.05) is 11.8 Å². The molecule has 0 bridgehead atoms. The van der Waals surface area contributed by atoms with Crippen molar-refractivity contribution in [1.29, 1.82) is 5.26 Å². The molecule has 1 atom stereocenters. The van der Waals surface area contributed by atoms with E-state index in [1.54, 1.807) is 26.4 Å². The summed E-state index contributed by atoms with van der Waals surface area (Å²) in [5.41, 5.74) is 1.51. The second-order valence-electron chi connectivity index (χ2n) is 4.52. The van der Waals surface area contributed by atoms with Crippen LogP contribution in [0, 0.1) is 11.3 Å². The lowest BCUT2D eigenvalue weighted by Crippen LogP contribution is -2.09. The smallest absolute Gasteiger partial charge is 0.126 e. The summed E-state index contributed by atoms with van der Waals surface area (Å²) in [4.78, 5) is 4.21. The van der Waals surface area contributed by atoms with Crippen LogP contribution in [-0.2, 0) is 0 Å². The third kappa shape index (κ3) is 3.42. The largest absolute Gasteiger partial charge is 0.497 e. The summed E-state index contributed by atoms with van der Waals surface area (Å²) < 4.78 is 10.6. The van der Waals surface area contributed by atoms with Crippen LogP contribution in [0.4, 0.5) is 5.82 Å². The van der Waals surface area contributed by atoms with Crippen molar-refractivity contribution >= 4 is 5.82 Å². The number of benzene rings is 1. The first-order valence-corrected chi connectivity index (χ1v) is 6.52. The first kappa shape index (κ1) is 14.7. The Bertz CT molecular complexity index is 648. The number of ether oxygens (including phenoxy) is 2. The van der Waals surface area contributed by atoms with Crippen LogP contribution in [0.5, 0.6) is 11.5 Å². The first-order chi connectivity index (χ1) is 10.2. The van der Waals surface area contributed by atoms with Gasteiger partial charge in [-0.05, 0) is 37.3 Å². The molecule has 0 saturated heterocycles. The fourth-order valence-corrected chi connectivity index (χ4v) is 2.02. The van der Waals surface area contributed by atoms with Gasteiger partial charge in [-0.25, -0.2) is 4.98 Å². The van der Waals surface area contributed by atoms with Crippen LogP contribution in [0.3, 0.4) is 0 Å². The van der Waals surface area contributed by atoms with Gasteiger partial charge in [0.2, 0.25) is 0 Å². The summed E-state index contributed by atoms with van der Waals surface area (Å²) in [6.07, 6.45) is 1.54. The van der Waals surface area contributed by atoms with E-state index in [2.05, 4.69) is 10.3 Å². The SMILES string of the molecule is COc1ccc(OC)c([C@@H](C)Nc2ccc(C#N)cn2)c1. The number of methoxy groups -OCH3 is 2.